The predicted octanol–water partition coefficient (Wildman–Crippen LogP) is 3.89. The van der Waals surface area contributed by atoms with Gasteiger partial charge in [0.2, 0.25) is 11.6 Å². The first kappa shape index (κ1) is 17.1. The Kier molecular flexibility index (Phi) is 4.56. The molecule has 0 aliphatic heterocycles. The Morgan fingerprint density at radius 2 is 1.57 bits per heavy atom. The van der Waals surface area contributed by atoms with E-state index < -0.39 is 64.3 Å². The van der Waals surface area contributed by atoms with Crippen LogP contribution < -0.4 is 0 Å². The molecule has 8 heteroatoms. The first-order valence-electron chi connectivity index (χ1n) is 6.32. The van der Waals surface area contributed by atoms with Crippen molar-refractivity contribution in [2.75, 3.05) is 0 Å². The lowest BCUT2D eigenvalue weighted by Crippen LogP contribution is -2.15. The van der Waals surface area contributed by atoms with Gasteiger partial charge in [-0.25, -0.2) is 22.0 Å². The maximum absolute atomic E-state index is 13.7. The van der Waals surface area contributed by atoms with E-state index in [4.69, 9.17) is 0 Å². The second-order valence-electron chi connectivity index (χ2n) is 4.92. The smallest absolute Gasteiger partial charge is 0.203 e. The molecule has 1 unspecified atom stereocenters. The molecule has 0 spiro atoms. The van der Waals surface area contributed by atoms with Crippen molar-refractivity contribution in [2.24, 2.45) is 0 Å². The summed E-state index contributed by atoms with van der Waals surface area (Å²) in [5, 5.41) is 19.1. The zero-order chi connectivity index (χ0) is 17.5. The highest BCUT2D eigenvalue weighted by atomic mass is 19.2. The molecule has 1 aliphatic carbocycles. The fourth-order valence-electron chi connectivity index (χ4n) is 2.23. The molecule has 1 aliphatic rings. The molecule has 0 radical (unpaired) electrons. The number of phenolic OH excluding ortho intramolecular Hbond substituents is 1. The van der Waals surface area contributed by atoms with Crippen LogP contribution >= 0.6 is 0 Å². The van der Waals surface area contributed by atoms with Gasteiger partial charge in [0, 0.05) is 17.6 Å². The molecule has 0 fully saturated rings. The predicted molar refractivity (Wildman–Crippen MR) is 68.7 cm³/mol. The Hall–Kier alpha value is -2.22. The lowest BCUT2D eigenvalue weighted by molar-refractivity contribution is 0.251. The number of halogens is 6. The van der Waals surface area contributed by atoms with E-state index in [9.17, 15) is 36.6 Å². The Morgan fingerprint density at radius 1 is 1.00 bits per heavy atom. The minimum Gasteiger partial charge on any atom is -0.504 e. The number of aliphatic hydroxyl groups excluding tert-OH is 1. The van der Waals surface area contributed by atoms with Crippen LogP contribution in [0.15, 0.2) is 35.0 Å². The molecule has 23 heavy (non-hydrogen) atoms. The summed E-state index contributed by atoms with van der Waals surface area (Å²) >= 11 is 0. The summed E-state index contributed by atoms with van der Waals surface area (Å²) in [6.07, 6.45) is -0.729. The second-order valence-corrected chi connectivity index (χ2v) is 4.92. The van der Waals surface area contributed by atoms with Crippen LogP contribution in [0.4, 0.5) is 26.3 Å². The molecular formula is C15H10F6O2. The summed E-state index contributed by atoms with van der Waals surface area (Å²) in [4.78, 5) is 0. The highest BCUT2D eigenvalue weighted by Gasteiger charge is 2.28. The topological polar surface area (TPSA) is 40.5 Å². The summed E-state index contributed by atoms with van der Waals surface area (Å²) in [6, 6.07) is 0. The zero-order valence-corrected chi connectivity index (χ0v) is 11.6. The van der Waals surface area contributed by atoms with Crippen LogP contribution in [0.2, 0.25) is 0 Å². The van der Waals surface area contributed by atoms with Gasteiger partial charge in [0.25, 0.3) is 0 Å². The van der Waals surface area contributed by atoms with E-state index >= 15 is 0 Å². The summed E-state index contributed by atoms with van der Waals surface area (Å²) in [5.74, 6) is -12.4. The van der Waals surface area contributed by atoms with Crippen molar-refractivity contribution in [3.63, 3.8) is 0 Å². The van der Waals surface area contributed by atoms with Crippen molar-refractivity contribution in [1.29, 1.82) is 0 Å². The van der Waals surface area contributed by atoms with E-state index in [0.717, 1.165) is 13.0 Å². The van der Waals surface area contributed by atoms with Gasteiger partial charge in [0.15, 0.2) is 29.0 Å². The lowest BCUT2D eigenvalue weighted by Gasteiger charge is -2.18. The number of benzene rings is 1. The van der Waals surface area contributed by atoms with E-state index in [-0.39, 0.29) is 5.57 Å². The van der Waals surface area contributed by atoms with E-state index in [2.05, 4.69) is 0 Å². The van der Waals surface area contributed by atoms with Gasteiger partial charge in [-0.1, -0.05) is 5.57 Å². The van der Waals surface area contributed by atoms with Gasteiger partial charge in [-0.15, -0.1) is 0 Å². The molecular weight excluding hydrogens is 326 g/mol. The molecule has 2 nitrogen and oxygen atoms in total. The largest absolute Gasteiger partial charge is 0.504 e. The van der Waals surface area contributed by atoms with Gasteiger partial charge in [-0.2, -0.15) is 4.39 Å². The molecule has 0 bridgehead atoms. The molecule has 2 N–H and O–H groups in total. The van der Waals surface area contributed by atoms with E-state index in [1.807, 2.05) is 0 Å². The normalized spacial score (nSPS) is 20.3. The molecule has 0 saturated heterocycles. The van der Waals surface area contributed by atoms with Crippen LogP contribution in [0.1, 0.15) is 12.5 Å². The van der Waals surface area contributed by atoms with E-state index in [1.165, 1.54) is 0 Å². The van der Waals surface area contributed by atoms with Gasteiger partial charge in [-0.3, -0.25) is 0 Å². The van der Waals surface area contributed by atoms with Crippen molar-refractivity contribution in [3.8, 4) is 5.75 Å². The van der Waals surface area contributed by atoms with Crippen molar-refractivity contribution in [2.45, 2.75) is 19.4 Å². The molecule has 1 aromatic rings. The fourth-order valence-corrected chi connectivity index (χ4v) is 2.23. The van der Waals surface area contributed by atoms with Crippen LogP contribution in [0, 0.1) is 23.3 Å². The quantitative estimate of drug-likeness (QED) is 0.489. The third-order valence-corrected chi connectivity index (χ3v) is 3.41. The molecule has 0 aromatic heterocycles. The van der Waals surface area contributed by atoms with E-state index in [1.54, 1.807) is 0 Å². The number of hydrogen-bond donors (Lipinski definition) is 2. The van der Waals surface area contributed by atoms with Gasteiger partial charge in [-0.05, 0) is 19.1 Å². The van der Waals surface area contributed by atoms with Crippen LogP contribution in [0.5, 0.6) is 5.75 Å². The maximum atomic E-state index is 13.7. The highest BCUT2D eigenvalue weighted by Crippen LogP contribution is 2.35. The lowest BCUT2D eigenvalue weighted by atomic mass is 9.93. The average molecular weight is 336 g/mol. The van der Waals surface area contributed by atoms with E-state index in [0.29, 0.717) is 6.08 Å². The van der Waals surface area contributed by atoms with Crippen LogP contribution in [0.3, 0.4) is 0 Å². The number of allylic oxidation sites excluding steroid dienone is 3. The second kappa shape index (κ2) is 6.11. The SMILES string of the molecule is CC(Cc1c(O)c(F)c(F)c(F)c1F)=C1C(F)=C(F)C=CC1O. The molecule has 0 amide bonds. The molecule has 1 atom stereocenters. The average Bonchev–Trinajstić information content (AvgIpc) is 2.51. The molecule has 2 rings (SSSR count). The Labute approximate surface area is 126 Å². The highest BCUT2D eigenvalue weighted by molar-refractivity contribution is 5.47. The van der Waals surface area contributed by atoms with Gasteiger partial charge in [0.05, 0.1) is 0 Å². The van der Waals surface area contributed by atoms with Gasteiger partial charge < -0.3 is 10.2 Å². The van der Waals surface area contributed by atoms with Gasteiger partial charge in [0.1, 0.15) is 6.10 Å². The summed E-state index contributed by atoms with van der Waals surface area (Å²) in [5.41, 5.74) is -1.73. The van der Waals surface area contributed by atoms with Crippen molar-refractivity contribution in [1.82, 2.24) is 0 Å². The molecule has 1 aromatic carbocycles. The third kappa shape index (κ3) is 2.86. The minimum atomic E-state index is -2.19. The first-order chi connectivity index (χ1) is 10.7. The van der Waals surface area contributed by atoms with Crippen molar-refractivity contribution >= 4 is 0 Å². The monoisotopic (exact) mass is 336 g/mol. The molecule has 0 saturated carbocycles. The standard InChI is InChI=1S/C15H10F6O2/c1-5(9-8(22)3-2-7(16)11(9)18)4-6-10(17)12(19)13(20)14(21)15(6)23/h2-3,8,22-23H,4H2,1H3. The molecule has 0 heterocycles. The summed E-state index contributed by atoms with van der Waals surface area (Å²) in [7, 11) is 0. The van der Waals surface area contributed by atoms with Crippen molar-refractivity contribution in [3.05, 3.63) is 63.8 Å². The van der Waals surface area contributed by atoms with Crippen LogP contribution in [-0.2, 0) is 6.42 Å². The molecule has 124 valence electrons. The van der Waals surface area contributed by atoms with Gasteiger partial charge >= 0.3 is 0 Å². The van der Waals surface area contributed by atoms with Crippen molar-refractivity contribution < 1.29 is 36.6 Å². The summed E-state index contributed by atoms with van der Waals surface area (Å²) < 4.78 is 80.1. The number of rotatable bonds is 2. The number of hydrogen-bond acceptors (Lipinski definition) is 2. The van der Waals surface area contributed by atoms with Crippen LogP contribution in [0.25, 0.3) is 0 Å². The minimum absolute atomic E-state index is 0.200. The number of aromatic hydroxyl groups is 1. The first-order valence-corrected chi connectivity index (χ1v) is 6.32. The Balaban J connectivity index is 2.56. The Bertz CT molecular complexity index is 735. The number of aliphatic hydroxyl groups is 1. The number of phenols is 1. The summed E-state index contributed by atoms with van der Waals surface area (Å²) in [6.45, 7) is 1.14. The Morgan fingerprint density at radius 3 is 2.17 bits per heavy atom. The fraction of sp³-hybridized carbons (Fsp3) is 0.200. The zero-order valence-electron chi connectivity index (χ0n) is 11.6. The maximum Gasteiger partial charge on any atom is 0.203 e. The third-order valence-electron chi connectivity index (χ3n) is 3.41. The van der Waals surface area contributed by atoms with Crippen LogP contribution in [-0.4, -0.2) is 16.3 Å².